The van der Waals surface area contributed by atoms with Crippen molar-refractivity contribution in [1.29, 1.82) is 0 Å². The van der Waals surface area contributed by atoms with Crippen LogP contribution in [0.5, 0.6) is 0 Å². The van der Waals surface area contributed by atoms with Crippen LogP contribution in [0.1, 0.15) is 13.3 Å². The van der Waals surface area contributed by atoms with Gasteiger partial charge in [-0.2, -0.15) is 13.1 Å². The predicted octanol–water partition coefficient (Wildman–Crippen LogP) is 0.424. The van der Waals surface area contributed by atoms with E-state index in [4.69, 9.17) is 0 Å². The molecule has 0 bridgehead atoms. The van der Waals surface area contributed by atoms with Gasteiger partial charge in [-0.25, -0.2) is 8.42 Å². The van der Waals surface area contributed by atoms with E-state index >= 15 is 0 Å². The summed E-state index contributed by atoms with van der Waals surface area (Å²) >= 11 is 0. The van der Waals surface area contributed by atoms with Gasteiger partial charge in [0.05, 0.1) is 13.5 Å². The number of carbonyl (C=O) groups is 1. The number of nitrogens with zero attached hydrogens (tertiary/aromatic N) is 1. The van der Waals surface area contributed by atoms with Crippen LogP contribution in [0.3, 0.4) is 0 Å². The molecule has 0 aromatic carbocycles. The Morgan fingerprint density at radius 1 is 1.47 bits per heavy atom. The average molecular weight is 245 g/mol. The van der Waals surface area contributed by atoms with Gasteiger partial charge in [0.1, 0.15) is 0 Å². The molecule has 0 amide bonds. The first-order chi connectivity index (χ1) is 6.86. The van der Waals surface area contributed by atoms with E-state index in [0.29, 0.717) is 4.31 Å². The molecular formula is C7H13F2NO4S. The first kappa shape index (κ1) is 14.2. The van der Waals surface area contributed by atoms with Gasteiger partial charge in [0, 0.05) is 13.1 Å². The zero-order chi connectivity index (χ0) is 12.1. The third-order valence-corrected chi connectivity index (χ3v) is 3.34. The maximum Gasteiger partial charge on any atom is 0.350 e. The Labute approximate surface area is 87.1 Å². The summed E-state index contributed by atoms with van der Waals surface area (Å²) in [4.78, 5) is 10.7. The fourth-order valence-electron chi connectivity index (χ4n) is 0.896. The van der Waals surface area contributed by atoms with Crippen molar-refractivity contribution >= 4 is 16.0 Å². The number of hydrogen-bond donors (Lipinski definition) is 0. The minimum atomic E-state index is -4.60. The maximum absolute atomic E-state index is 12.1. The van der Waals surface area contributed by atoms with Crippen LogP contribution in [0.15, 0.2) is 0 Å². The molecule has 0 aliphatic heterocycles. The second kappa shape index (κ2) is 5.96. The zero-order valence-corrected chi connectivity index (χ0v) is 9.26. The summed E-state index contributed by atoms with van der Waals surface area (Å²) in [5, 5.41) is 0. The van der Waals surface area contributed by atoms with Crippen LogP contribution in [-0.4, -0.2) is 44.6 Å². The van der Waals surface area contributed by atoms with E-state index in [-0.39, 0.29) is 19.5 Å². The highest BCUT2D eigenvalue weighted by Gasteiger charge is 2.30. The van der Waals surface area contributed by atoms with Gasteiger partial charge in [-0.3, -0.25) is 4.79 Å². The lowest BCUT2D eigenvalue weighted by Crippen LogP contribution is -2.36. The molecule has 0 aliphatic rings. The van der Waals surface area contributed by atoms with E-state index in [2.05, 4.69) is 4.74 Å². The summed E-state index contributed by atoms with van der Waals surface area (Å²) in [5.74, 6) is -4.10. The highest BCUT2D eigenvalue weighted by Crippen LogP contribution is 2.11. The fourth-order valence-corrected chi connectivity index (χ4v) is 1.83. The second-order valence-electron chi connectivity index (χ2n) is 2.62. The molecule has 0 rings (SSSR count). The molecule has 0 spiro atoms. The Morgan fingerprint density at radius 2 is 2.00 bits per heavy atom. The largest absolute Gasteiger partial charge is 0.469 e. The highest BCUT2D eigenvalue weighted by atomic mass is 32.2. The van der Waals surface area contributed by atoms with E-state index in [0.717, 1.165) is 7.11 Å². The Morgan fingerprint density at radius 3 is 2.33 bits per heavy atom. The van der Waals surface area contributed by atoms with Crippen LogP contribution < -0.4 is 0 Å². The predicted molar refractivity (Wildman–Crippen MR) is 48.8 cm³/mol. The van der Waals surface area contributed by atoms with Gasteiger partial charge >= 0.3 is 11.7 Å². The lowest BCUT2D eigenvalue weighted by molar-refractivity contribution is -0.140. The average Bonchev–Trinajstić information content (AvgIpc) is 2.17. The summed E-state index contributed by atoms with van der Waals surface area (Å²) in [5.41, 5.74) is 0. The first-order valence-corrected chi connectivity index (χ1v) is 5.70. The van der Waals surface area contributed by atoms with Crippen molar-refractivity contribution in [3.63, 3.8) is 0 Å². The SMILES string of the molecule is CCN(CCC(=O)OC)S(=O)(=O)C(F)F. The molecule has 15 heavy (non-hydrogen) atoms. The summed E-state index contributed by atoms with van der Waals surface area (Å²) in [6.45, 7) is 1.01. The van der Waals surface area contributed by atoms with E-state index in [1.807, 2.05) is 0 Å². The second-order valence-corrected chi connectivity index (χ2v) is 4.53. The summed E-state index contributed by atoms with van der Waals surface area (Å²) in [6, 6.07) is 0. The number of alkyl halides is 2. The first-order valence-electron chi connectivity index (χ1n) is 4.20. The number of rotatable bonds is 6. The molecule has 0 N–H and O–H groups in total. The zero-order valence-electron chi connectivity index (χ0n) is 8.44. The number of halogens is 2. The van der Waals surface area contributed by atoms with Crippen LogP contribution >= 0.6 is 0 Å². The quantitative estimate of drug-likeness (QED) is 0.636. The van der Waals surface area contributed by atoms with Crippen molar-refractivity contribution in [3.05, 3.63) is 0 Å². The van der Waals surface area contributed by atoms with Crippen LogP contribution in [0, 0.1) is 0 Å². The molecule has 0 heterocycles. The van der Waals surface area contributed by atoms with E-state index in [1.54, 1.807) is 0 Å². The van der Waals surface area contributed by atoms with E-state index in [1.165, 1.54) is 6.92 Å². The fraction of sp³-hybridized carbons (Fsp3) is 0.857. The Kier molecular flexibility index (Phi) is 5.66. The number of esters is 1. The Bertz CT molecular complexity index is 304. The molecule has 0 aromatic heterocycles. The van der Waals surface area contributed by atoms with E-state index < -0.39 is 21.8 Å². The van der Waals surface area contributed by atoms with Gasteiger partial charge in [-0.05, 0) is 0 Å². The molecule has 0 atom stereocenters. The Hall–Kier alpha value is -0.760. The number of hydrogen-bond acceptors (Lipinski definition) is 4. The molecule has 0 saturated carbocycles. The van der Waals surface area contributed by atoms with Gasteiger partial charge in [0.15, 0.2) is 0 Å². The molecule has 0 aliphatic carbocycles. The highest BCUT2D eigenvalue weighted by molar-refractivity contribution is 7.89. The number of methoxy groups -OCH3 is 1. The summed E-state index contributed by atoms with van der Waals surface area (Å²) in [7, 11) is -3.46. The van der Waals surface area contributed by atoms with Crippen LogP contribution in [-0.2, 0) is 19.6 Å². The van der Waals surface area contributed by atoms with Crippen molar-refractivity contribution < 1.29 is 26.7 Å². The number of sulfonamides is 1. The normalized spacial score (nSPS) is 12.1. The van der Waals surface area contributed by atoms with Crippen molar-refractivity contribution in [3.8, 4) is 0 Å². The third-order valence-electron chi connectivity index (χ3n) is 1.73. The third kappa shape index (κ3) is 4.08. The molecular weight excluding hydrogens is 232 g/mol. The van der Waals surface area contributed by atoms with Gasteiger partial charge in [-0.1, -0.05) is 6.92 Å². The standard InChI is InChI=1S/C7H13F2NO4S/c1-3-10(5-4-6(11)14-2)15(12,13)7(8)9/h7H,3-5H2,1-2H3. The van der Waals surface area contributed by atoms with Crippen LogP contribution in [0.2, 0.25) is 0 Å². The maximum atomic E-state index is 12.1. The van der Waals surface area contributed by atoms with Crippen molar-refractivity contribution in [2.45, 2.75) is 19.1 Å². The van der Waals surface area contributed by atoms with Gasteiger partial charge in [0.2, 0.25) is 0 Å². The summed E-state index contributed by atoms with van der Waals surface area (Å²) < 4.78 is 51.0. The Balaban J connectivity index is 4.45. The molecule has 0 aromatic rings. The van der Waals surface area contributed by atoms with Crippen molar-refractivity contribution in [1.82, 2.24) is 4.31 Å². The van der Waals surface area contributed by atoms with Crippen molar-refractivity contribution in [2.24, 2.45) is 0 Å². The van der Waals surface area contributed by atoms with Gasteiger partial charge in [0.25, 0.3) is 10.0 Å². The minimum Gasteiger partial charge on any atom is -0.469 e. The van der Waals surface area contributed by atoms with E-state index in [9.17, 15) is 22.0 Å². The number of ether oxygens (including phenoxy) is 1. The van der Waals surface area contributed by atoms with Gasteiger partial charge in [-0.15, -0.1) is 0 Å². The van der Waals surface area contributed by atoms with Crippen molar-refractivity contribution in [2.75, 3.05) is 20.2 Å². The van der Waals surface area contributed by atoms with Crippen LogP contribution in [0.25, 0.3) is 0 Å². The lowest BCUT2D eigenvalue weighted by Gasteiger charge is -2.18. The molecule has 0 saturated heterocycles. The molecule has 0 unspecified atom stereocenters. The monoisotopic (exact) mass is 245 g/mol. The molecule has 0 radical (unpaired) electrons. The molecule has 90 valence electrons. The van der Waals surface area contributed by atoms with Crippen LogP contribution in [0.4, 0.5) is 8.78 Å². The minimum absolute atomic E-state index is 0.107. The lowest BCUT2D eigenvalue weighted by atomic mass is 10.4. The molecule has 5 nitrogen and oxygen atoms in total. The number of carbonyl (C=O) groups excluding carboxylic acids is 1. The van der Waals surface area contributed by atoms with Gasteiger partial charge < -0.3 is 4.74 Å². The molecule has 0 fully saturated rings. The topological polar surface area (TPSA) is 63.7 Å². The molecule has 8 heteroatoms. The summed E-state index contributed by atoms with van der Waals surface area (Å²) in [6.07, 6.45) is -0.240. The smallest absolute Gasteiger partial charge is 0.350 e.